The number of nitrogens with one attached hydrogen (secondary N) is 1. The Balaban J connectivity index is 1.95. The average Bonchev–Trinajstić information content (AvgIpc) is 2.86. The van der Waals surface area contributed by atoms with E-state index in [1.54, 1.807) is 6.92 Å². The van der Waals surface area contributed by atoms with Gasteiger partial charge in [0, 0.05) is 6.92 Å². The van der Waals surface area contributed by atoms with E-state index in [4.69, 9.17) is 4.74 Å². The Morgan fingerprint density at radius 2 is 2.13 bits per heavy atom. The second-order valence-corrected chi connectivity index (χ2v) is 6.80. The first kappa shape index (κ1) is 17.6. The van der Waals surface area contributed by atoms with E-state index in [2.05, 4.69) is 33.2 Å². The minimum atomic E-state index is -0.319. The lowest BCUT2D eigenvalue weighted by Gasteiger charge is -2.08. The summed E-state index contributed by atoms with van der Waals surface area (Å²) in [5, 5.41) is 3.05. The van der Waals surface area contributed by atoms with Gasteiger partial charge >= 0.3 is 0 Å². The van der Waals surface area contributed by atoms with Crippen molar-refractivity contribution in [3.05, 3.63) is 38.8 Å². The van der Waals surface area contributed by atoms with Gasteiger partial charge in [0.1, 0.15) is 5.75 Å². The predicted octanol–water partition coefficient (Wildman–Crippen LogP) is 4.00. The van der Waals surface area contributed by atoms with Crippen LogP contribution >= 0.6 is 27.3 Å². The van der Waals surface area contributed by atoms with Crippen molar-refractivity contribution < 1.29 is 14.3 Å². The molecule has 0 atom stereocenters. The number of nitrogens with zero attached hydrogens (tertiary/aromatic N) is 1. The molecule has 0 aliphatic rings. The lowest BCUT2D eigenvalue weighted by Crippen LogP contribution is -2.20. The maximum Gasteiger partial charge on any atom is 0.264 e. The van der Waals surface area contributed by atoms with Gasteiger partial charge in [-0.1, -0.05) is 24.3 Å². The summed E-state index contributed by atoms with van der Waals surface area (Å²) in [5.41, 5.74) is 1.81. The molecule has 1 N–H and O–H groups in total. The Labute approximate surface area is 147 Å². The first-order valence-corrected chi connectivity index (χ1v) is 8.71. The predicted molar refractivity (Wildman–Crippen MR) is 94.5 cm³/mol. The second kappa shape index (κ2) is 7.70. The number of halogens is 1. The largest absolute Gasteiger partial charge is 0.483 e. The van der Waals surface area contributed by atoms with Crippen molar-refractivity contribution >= 4 is 44.1 Å². The summed E-state index contributed by atoms with van der Waals surface area (Å²) in [6.07, 6.45) is 0.932. The number of carbonyl (C=O) groups excluding carboxylic acids is 2. The highest BCUT2D eigenvalue weighted by Gasteiger charge is 2.14. The molecule has 0 bridgehead atoms. The van der Waals surface area contributed by atoms with Crippen LogP contribution in [-0.2, 0) is 11.2 Å². The Kier molecular flexibility index (Phi) is 5.90. The number of aromatic nitrogens is 1. The number of anilines is 1. The van der Waals surface area contributed by atoms with Gasteiger partial charge in [-0.05, 0) is 47.0 Å². The smallest absolute Gasteiger partial charge is 0.264 e. The van der Waals surface area contributed by atoms with Crippen molar-refractivity contribution in [1.82, 2.24) is 4.98 Å². The SMILES string of the molecule is CCc1ccc(OCC(=O)Nc2nc(C)c(C(C)=O)s2)c(Br)c1. The first-order valence-electron chi connectivity index (χ1n) is 7.10. The Hall–Kier alpha value is -1.73. The van der Waals surface area contributed by atoms with Gasteiger partial charge in [0.15, 0.2) is 17.5 Å². The third-order valence-corrected chi connectivity index (χ3v) is 4.92. The molecule has 1 aromatic carbocycles. The van der Waals surface area contributed by atoms with E-state index in [-0.39, 0.29) is 18.3 Å². The van der Waals surface area contributed by atoms with Crippen molar-refractivity contribution in [3.8, 4) is 5.75 Å². The van der Waals surface area contributed by atoms with Crippen LogP contribution in [0.3, 0.4) is 0 Å². The zero-order chi connectivity index (χ0) is 17.0. The number of hydrogen-bond donors (Lipinski definition) is 1. The van der Waals surface area contributed by atoms with E-state index in [9.17, 15) is 9.59 Å². The van der Waals surface area contributed by atoms with Crippen molar-refractivity contribution in [2.24, 2.45) is 0 Å². The molecular formula is C16H17BrN2O3S. The molecule has 1 heterocycles. The van der Waals surface area contributed by atoms with Crippen molar-refractivity contribution in [2.75, 3.05) is 11.9 Å². The van der Waals surface area contributed by atoms with E-state index in [1.807, 2.05) is 18.2 Å². The van der Waals surface area contributed by atoms with Crippen LogP contribution in [0.25, 0.3) is 0 Å². The number of aryl methyl sites for hydroxylation is 2. The van der Waals surface area contributed by atoms with Gasteiger partial charge in [0.05, 0.1) is 15.0 Å². The number of carbonyl (C=O) groups is 2. The summed E-state index contributed by atoms with van der Waals surface area (Å²) in [4.78, 5) is 28.1. The highest BCUT2D eigenvalue weighted by atomic mass is 79.9. The number of amides is 1. The van der Waals surface area contributed by atoms with Gasteiger partial charge in [0.25, 0.3) is 5.91 Å². The van der Waals surface area contributed by atoms with E-state index in [0.29, 0.717) is 21.5 Å². The summed E-state index contributed by atoms with van der Waals surface area (Å²) in [6, 6.07) is 5.76. The van der Waals surface area contributed by atoms with Gasteiger partial charge in [-0.3, -0.25) is 14.9 Å². The number of ether oxygens (including phenoxy) is 1. The lowest BCUT2D eigenvalue weighted by atomic mass is 10.2. The molecule has 5 nitrogen and oxygen atoms in total. The molecule has 1 aromatic heterocycles. The molecular weight excluding hydrogens is 380 g/mol. The van der Waals surface area contributed by atoms with Gasteiger partial charge < -0.3 is 4.74 Å². The summed E-state index contributed by atoms with van der Waals surface area (Å²) < 4.78 is 6.32. The fourth-order valence-corrected chi connectivity index (χ4v) is 3.38. The number of thiazole rings is 1. The van der Waals surface area contributed by atoms with Crippen LogP contribution in [-0.4, -0.2) is 23.3 Å². The van der Waals surface area contributed by atoms with Crippen molar-refractivity contribution in [3.63, 3.8) is 0 Å². The number of rotatable bonds is 6. The number of Topliss-reactive ketones (excluding diaryl/α,β-unsaturated/α-hetero) is 1. The van der Waals surface area contributed by atoms with E-state index in [0.717, 1.165) is 10.9 Å². The van der Waals surface area contributed by atoms with Crippen molar-refractivity contribution in [2.45, 2.75) is 27.2 Å². The van der Waals surface area contributed by atoms with Crippen LogP contribution in [0.2, 0.25) is 0 Å². The Bertz CT molecular complexity index is 743. The fourth-order valence-electron chi connectivity index (χ4n) is 1.96. The van der Waals surface area contributed by atoms with E-state index < -0.39 is 0 Å². The minimum Gasteiger partial charge on any atom is -0.483 e. The molecule has 0 radical (unpaired) electrons. The zero-order valence-corrected chi connectivity index (χ0v) is 15.5. The molecule has 0 saturated heterocycles. The minimum absolute atomic E-state index is 0.0586. The molecule has 122 valence electrons. The number of benzene rings is 1. The second-order valence-electron chi connectivity index (χ2n) is 4.94. The van der Waals surface area contributed by atoms with Gasteiger partial charge in [-0.25, -0.2) is 4.98 Å². The van der Waals surface area contributed by atoms with Crippen LogP contribution in [0, 0.1) is 6.92 Å². The molecule has 0 spiro atoms. The monoisotopic (exact) mass is 396 g/mol. The molecule has 23 heavy (non-hydrogen) atoms. The highest BCUT2D eigenvalue weighted by Crippen LogP contribution is 2.26. The normalized spacial score (nSPS) is 10.4. The molecule has 7 heteroatoms. The van der Waals surface area contributed by atoms with Crippen LogP contribution in [0.15, 0.2) is 22.7 Å². The lowest BCUT2D eigenvalue weighted by molar-refractivity contribution is -0.118. The Morgan fingerprint density at radius 1 is 1.39 bits per heavy atom. The maximum atomic E-state index is 11.9. The van der Waals surface area contributed by atoms with Crippen LogP contribution in [0.1, 0.15) is 34.8 Å². The summed E-state index contributed by atoms with van der Waals surface area (Å²) in [7, 11) is 0. The molecule has 0 aliphatic carbocycles. The van der Waals surface area contributed by atoms with Crippen LogP contribution in [0.5, 0.6) is 5.75 Å². The van der Waals surface area contributed by atoms with E-state index >= 15 is 0 Å². The average molecular weight is 397 g/mol. The topological polar surface area (TPSA) is 68.3 Å². The van der Waals surface area contributed by atoms with E-state index in [1.165, 1.54) is 23.8 Å². The number of hydrogen-bond acceptors (Lipinski definition) is 5. The summed E-state index contributed by atoms with van der Waals surface area (Å²) in [6.45, 7) is 5.16. The standard InChI is InChI=1S/C16H17BrN2O3S/c1-4-11-5-6-13(12(17)7-11)22-8-14(21)19-16-18-9(2)15(23-16)10(3)20/h5-7H,4,8H2,1-3H3,(H,18,19,21). The Morgan fingerprint density at radius 3 is 2.70 bits per heavy atom. The highest BCUT2D eigenvalue weighted by molar-refractivity contribution is 9.10. The first-order chi connectivity index (χ1) is 10.9. The number of ketones is 1. The quantitative estimate of drug-likeness (QED) is 0.749. The van der Waals surface area contributed by atoms with Gasteiger partial charge in [-0.15, -0.1) is 0 Å². The maximum absolute atomic E-state index is 11.9. The van der Waals surface area contributed by atoms with Crippen LogP contribution in [0.4, 0.5) is 5.13 Å². The van der Waals surface area contributed by atoms with Crippen LogP contribution < -0.4 is 10.1 Å². The zero-order valence-electron chi connectivity index (χ0n) is 13.1. The van der Waals surface area contributed by atoms with Gasteiger partial charge in [-0.2, -0.15) is 0 Å². The molecule has 0 unspecified atom stereocenters. The molecule has 2 aromatic rings. The third-order valence-electron chi connectivity index (χ3n) is 3.13. The molecule has 1 amide bonds. The van der Waals surface area contributed by atoms with Gasteiger partial charge in [0.2, 0.25) is 0 Å². The molecule has 0 saturated carbocycles. The fraction of sp³-hybridized carbons (Fsp3) is 0.312. The molecule has 0 aliphatic heterocycles. The summed E-state index contributed by atoms with van der Waals surface area (Å²) >= 11 is 4.60. The third kappa shape index (κ3) is 4.62. The molecule has 0 fully saturated rings. The van der Waals surface area contributed by atoms with Crippen molar-refractivity contribution in [1.29, 1.82) is 0 Å². The molecule has 2 rings (SSSR count). The summed E-state index contributed by atoms with van der Waals surface area (Å²) in [5.74, 6) is 0.231.